The van der Waals surface area contributed by atoms with Crippen LogP contribution in [0.5, 0.6) is 0 Å². The van der Waals surface area contributed by atoms with E-state index in [0.29, 0.717) is 0 Å². The molecule has 152 valence electrons. The molecule has 1 aliphatic rings. The summed E-state index contributed by atoms with van der Waals surface area (Å²) < 4.78 is 0. The number of benzene rings is 3. The summed E-state index contributed by atoms with van der Waals surface area (Å²) >= 11 is 0. The SMILES string of the molecule is C[C@@H](NC(=O)C1CC(=O)NC(c2ccccc2)N1)c1ccc(-c2ccccc2)cc1. The molecule has 2 amide bonds. The first-order valence-corrected chi connectivity index (χ1v) is 10.2. The van der Waals surface area contributed by atoms with Crippen LogP contribution in [0.2, 0.25) is 0 Å². The number of amides is 2. The van der Waals surface area contributed by atoms with Gasteiger partial charge in [0, 0.05) is 0 Å². The van der Waals surface area contributed by atoms with Gasteiger partial charge in [-0.05, 0) is 29.2 Å². The highest BCUT2D eigenvalue weighted by Crippen LogP contribution is 2.22. The minimum atomic E-state index is -0.574. The number of nitrogens with one attached hydrogen (secondary N) is 3. The van der Waals surface area contributed by atoms with Crippen LogP contribution < -0.4 is 16.0 Å². The molecule has 3 aromatic rings. The van der Waals surface area contributed by atoms with Gasteiger partial charge in [0.2, 0.25) is 11.8 Å². The van der Waals surface area contributed by atoms with E-state index in [-0.39, 0.29) is 30.4 Å². The summed E-state index contributed by atoms with van der Waals surface area (Å²) in [5.41, 5.74) is 4.23. The van der Waals surface area contributed by atoms with Crippen LogP contribution in [-0.2, 0) is 9.59 Å². The smallest absolute Gasteiger partial charge is 0.238 e. The average Bonchev–Trinajstić information content (AvgIpc) is 2.80. The standard InChI is InChI=1S/C25H25N3O2/c1-17(18-12-14-20(15-13-18)19-8-4-2-5-9-19)26-25(30)22-16-23(29)28-24(27-22)21-10-6-3-7-11-21/h2-15,17,22,24,27H,16H2,1H3,(H,26,30)(H,28,29)/t17-,22?,24?/m1/s1. The summed E-state index contributed by atoms with van der Waals surface area (Å²) in [6, 6.07) is 27.2. The molecule has 1 saturated heterocycles. The zero-order valence-corrected chi connectivity index (χ0v) is 16.8. The zero-order valence-electron chi connectivity index (χ0n) is 16.8. The molecule has 5 heteroatoms. The molecule has 0 radical (unpaired) electrons. The quantitative estimate of drug-likeness (QED) is 0.613. The topological polar surface area (TPSA) is 70.2 Å². The van der Waals surface area contributed by atoms with Crippen LogP contribution in [0.25, 0.3) is 11.1 Å². The van der Waals surface area contributed by atoms with Crippen LogP contribution in [0.15, 0.2) is 84.9 Å². The number of hydrogen-bond donors (Lipinski definition) is 3. The van der Waals surface area contributed by atoms with E-state index in [2.05, 4.69) is 40.2 Å². The molecule has 30 heavy (non-hydrogen) atoms. The van der Waals surface area contributed by atoms with Crippen molar-refractivity contribution in [2.45, 2.75) is 31.6 Å². The van der Waals surface area contributed by atoms with Gasteiger partial charge in [-0.15, -0.1) is 0 Å². The van der Waals surface area contributed by atoms with Gasteiger partial charge in [-0.25, -0.2) is 0 Å². The monoisotopic (exact) mass is 399 g/mol. The molecule has 0 saturated carbocycles. The molecule has 0 bridgehead atoms. The van der Waals surface area contributed by atoms with Gasteiger partial charge in [-0.1, -0.05) is 84.9 Å². The van der Waals surface area contributed by atoms with Gasteiger partial charge < -0.3 is 10.6 Å². The summed E-state index contributed by atoms with van der Waals surface area (Å²) in [5.74, 6) is -0.312. The normalized spacial score (nSPS) is 19.6. The maximum absolute atomic E-state index is 12.8. The average molecular weight is 399 g/mol. The van der Waals surface area contributed by atoms with Crippen LogP contribution in [0.4, 0.5) is 0 Å². The van der Waals surface area contributed by atoms with E-state index in [0.717, 1.165) is 22.3 Å². The molecule has 0 spiro atoms. The molecule has 4 rings (SSSR count). The van der Waals surface area contributed by atoms with E-state index >= 15 is 0 Å². The highest BCUT2D eigenvalue weighted by molar-refractivity contribution is 5.89. The first-order chi connectivity index (χ1) is 14.6. The fourth-order valence-electron chi connectivity index (χ4n) is 3.69. The van der Waals surface area contributed by atoms with Gasteiger partial charge >= 0.3 is 0 Å². The van der Waals surface area contributed by atoms with Crippen molar-refractivity contribution in [2.75, 3.05) is 0 Å². The fourth-order valence-corrected chi connectivity index (χ4v) is 3.69. The first kappa shape index (κ1) is 19.9. The lowest BCUT2D eigenvalue weighted by Gasteiger charge is -2.31. The second-order valence-corrected chi connectivity index (χ2v) is 7.55. The zero-order chi connectivity index (χ0) is 20.9. The molecule has 3 N–H and O–H groups in total. The molecular weight excluding hydrogens is 374 g/mol. The van der Waals surface area contributed by atoms with Crippen LogP contribution in [0.3, 0.4) is 0 Å². The van der Waals surface area contributed by atoms with Crippen molar-refractivity contribution in [1.29, 1.82) is 0 Å². The molecular formula is C25H25N3O2. The number of rotatable bonds is 5. The van der Waals surface area contributed by atoms with Gasteiger partial charge in [-0.3, -0.25) is 14.9 Å². The van der Waals surface area contributed by atoms with E-state index < -0.39 is 6.04 Å². The maximum atomic E-state index is 12.8. The molecule has 1 heterocycles. The lowest BCUT2D eigenvalue weighted by Crippen LogP contribution is -2.56. The summed E-state index contributed by atoms with van der Waals surface area (Å²) in [4.78, 5) is 25.0. The van der Waals surface area contributed by atoms with E-state index in [1.54, 1.807) is 0 Å². The highest BCUT2D eigenvalue weighted by Gasteiger charge is 2.31. The third-order valence-corrected chi connectivity index (χ3v) is 5.39. The highest BCUT2D eigenvalue weighted by atomic mass is 16.2. The predicted molar refractivity (Wildman–Crippen MR) is 117 cm³/mol. The Morgan fingerprint density at radius 2 is 1.50 bits per heavy atom. The summed E-state index contributed by atoms with van der Waals surface area (Å²) in [6.45, 7) is 1.95. The van der Waals surface area contributed by atoms with Crippen molar-refractivity contribution in [3.05, 3.63) is 96.1 Å². The fraction of sp³-hybridized carbons (Fsp3) is 0.200. The van der Waals surface area contributed by atoms with Crippen LogP contribution in [0, 0.1) is 0 Å². The largest absolute Gasteiger partial charge is 0.348 e. The molecule has 1 fully saturated rings. The molecule has 1 aliphatic heterocycles. The van der Waals surface area contributed by atoms with Crippen molar-refractivity contribution >= 4 is 11.8 Å². The van der Waals surface area contributed by atoms with Crippen molar-refractivity contribution in [3.8, 4) is 11.1 Å². The molecule has 3 aromatic carbocycles. The van der Waals surface area contributed by atoms with Gasteiger partial charge in [0.25, 0.3) is 0 Å². The molecule has 0 aliphatic carbocycles. The Bertz CT molecular complexity index is 1000. The van der Waals surface area contributed by atoms with Crippen molar-refractivity contribution < 1.29 is 9.59 Å². The maximum Gasteiger partial charge on any atom is 0.238 e. The molecule has 2 unspecified atom stereocenters. The number of hydrogen-bond acceptors (Lipinski definition) is 3. The van der Waals surface area contributed by atoms with Gasteiger partial charge in [0.1, 0.15) is 6.17 Å². The van der Waals surface area contributed by atoms with Crippen LogP contribution >= 0.6 is 0 Å². The Morgan fingerprint density at radius 3 is 2.17 bits per heavy atom. The Hall–Kier alpha value is -3.44. The van der Waals surface area contributed by atoms with E-state index in [1.165, 1.54) is 0 Å². The lowest BCUT2D eigenvalue weighted by molar-refractivity contribution is -0.132. The lowest BCUT2D eigenvalue weighted by atomic mass is 10.0. The molecule has 0 aromatic heterocycles. The van der Waals surface area contributed by atoms with Crippen LogP contribution in [0.1, 0.15) is 36.7 Å². The minimum Gasteiger partial charge on any atom is -0.348 e. The predicted octanol–water partition coefficient (Wildman–Crippen LogP) is 3.71. The Labute approximate surface area is 176 Å². The summed E-state index contributed by atoms with van der Waals surface area (Å²) in [6.07, 6.45) is -0.252. The Kier molecular flexibility index (Phi) is 5.91. The van der Waals surface area contributed by atoms with E-state index in [1.807, 2.05) is 67.6 Å². The Morgan fingerprint density at radius 1 is 0.900 bits per heavy atom. The van der Waals surface area contributed by atoms with Crippen molar-refractivity contribution in [3.63, 3.8) is 0 Å². The first-order valence-electron chi connectivity index (χ1n) is 10.2. The third kappa shape index (κ3) is 4.58. The van der Waals surface area contributed by atoms with E-state index in [4.69, 9.17) is 0 Å². The van der Waals surface area contributed by atoms with Crippen molar-refractivity contribution in [2.24, 2.45) is 0 Å². The second kappa shape index (κ2) is 8.93. The molecule has 3 atom stereocenters. The van der Waals surface area contributed by atoms with Gasteiger partial charge in [-0.2, -0.15) is 0 Å². The number of carbonyl (C=O) groups is 2. The number of carbonyl (C=O) groups excluding carboxylic acids is 2. The third-order valence-electron chi connectivity index (χ3n) is 5.39. The summed E-state index contributed by atoms with van der Waals surface area (Å²) in [7, 11) is 0. The van der Waals surface area contributed by atoms with E-state index in [9.17, 15) is 9.59 Å². The summed E-state index contributed by atoms with van der Waals surface area (Å²) in [5, 5.41) is 9.17. The second-order valence-electron chi connectivity index (χ2n) is 7.55. The van der Waals surface area contributed by atoms with Gasteiger partial charge in [0.05, 0.1) is 18.5 Å². The van der Waals surface area contributed by atoms with Crippen molar-refractivity contribution in [1.82, 2.24) is 16.0 Å². The van der Waals surface area contributed by atoms with Gasteiger partial charge in [0.15, 0.2) is 0 Å². The van der Waals surface area contributed by atoms with Crippen LogP contribution in [-0.4, -0.2) is 17.9 Å². The Balaban J connectivity index is 1.41. The molecule has 5 nitrogen and oxygen atoms in total. The minimum absolute atomic E-state index is 0.120.